The van der Waals surface area contributed by atoms with Gasteiger partial charge in [-0.15, -0.1) is 0 Å². The van der Waals surface area contributed by atoms with Gasteiger partial charge in [0.05, 0.1) is 11.7 Å². The van der Waals surface area contributed by atoms with Crippen molar-refractivity contribution < 1.29 is 0 Å². The molecule has 0 aliphatic carbocycles. The van der Waals surface area contributed by atoms with Crippen molar-refractivity contribution in [2.24, 2.45) is 7.05 Å². The van der Waals surface area contributed by atoms with Gasteiger partial charge in [0.15, 0.2) is 0 Å². The second-order valence-electron chi connectivity index (χ2n) is 4.19. The average Bonchev–Trinajstić information content (AvgIpc) is 2.44. The summed E-state index contributed by atoms with van der Waals surface area (Å²) in [7, 11) is 1.70. The molecule has 1 aromatic carbocycles. The smallest absolute Gasteiger partial charge is 0.277 e. The Morgan fingerprint density at radius 2 is 1.95 bits per heavy atom. The van der Waals surface area contributed by atoms with Gasteiger partial charge in [0, 0.05) is 18.7 Å². The Balaban J connectivity index is 2.37. The van der Waals surface area contributed by atoms with Crippen LogP contribution in [0.2, 0.25) is 5.15 Å². The van der Waals surface area contributed by atoms with Crippen molar-refractivity contribution >= 4 is 22.6 Å². The van der Waals surface area contributed by atoms with Crippen molar-refractivity contribution in [1.82, 2.24) is 14.5 Å². The topological polar surface area (TPSA) is 47.8 Å². The Hall–Kier alpha value is -2.20. The fraction of sp³-hybridized carbons (Fsp3) is 0.0714. The summed E-state index contributed by atoms with van der Waals surface area (Å²) in [4.78, 5) is 20.7. The molecule has 0 amide bonds. The van der Waals surface area contributed by atoms with E-state index in [0.29, 0.717) is 21.9 Å². The maximum absolute atomic E-state index is 12.3. The highest BCUT2D eigenvalue weighted by Gasteiger charge is 2.10. The number of nitrogens with zero attached hydrogens (tertiary/aromatic N) is 3. The molecular formula is C14H10ClN3O. The van der Waals surface area contributed by atoms with Crippen LogP contribution in [0.5, 0.6) is 0 Å². The lowest BCUT2D eigenvalue weighted by atomic mass is 10.1. The zero-order chi connectivity index (χ0) is 13.4. The third kappa shape index (κ3) is 2.00. The summed E-state index contributed by atoms with van der Waals surface area (Å²) in [5.41, 5.74) is 2.37. The van der Waals surface area contributed by atoms with Crippen LogP contribution in [0, 0.1) is 0 Å². The zero-order valence-electron chi connectivity index (χ0n) is 10.2. The van der Waals surface area contributed by atoms with E-state index in [1.54, 1.807) is 19.3 Å². The monoisotopic (exact) mass is 271 g/mol. The van der Waals surface area contributed by atoms with Crippen molar-refractivity contribution in [3.63, 3.8) is 0 Å². The van der Waals surface area contributed by atoms with Crippen molar-refractivity contribution in [2.75, 3.05) is 0 Å². The van der Waals surface area contributed by atoms with Gasteiger partial charge in [-0.3, -0.25) is 4.79 Å². The molecule has 94 valence electrons. The SMILES string of the molecule is Cn1c(=O)c(-c2ccccc2)nc2cnc(Cl)cc21. The normalized spacial score (nSPS) is 10.8. The van der Waals surface area contributed by atoms with Gasteiger partial charge in [0.2, 0.25) is 0 Å². The molecule has 3 rings (SSSR count). The highest BCUT2D eigenvalue weighted by molar-refractivity contribution is 6.29. The van der Waals surface area contributed by atoms with Crippen LogP contribution >= 0.6 is 11.6 Å². The lowest BCUT2D eigenvalue weighted by Gasteiger charge is -2.07. The van der Waals surface area contributed by atoms with Crippen molar-refractivity contribution in [1.29, 1.82) is 0 Å². The molecule has 0 aliphatic heterocycles. The van der Waals surface area contributed by atoms with Gasteiger partial charge in [-0.1, -0.05) is 41.9 Å². The number of hydrogen-bond donors (Lipinski definition) is 0. The maximum Gasteiger partial charge on any atom is 0.277 e. The molecule has 0 bridgehead atoms. The second kappa shape index (κ2) is 4.48. The molecule has 19 heavy (non-hydrogen) atoms. The molecule has 0 atom stereocenters. The fourth-order valence-corrected chi connectivity index (χ4v) is 2.14. The molecule has 2 aromatic heterocycles. The summed E-state index contributed by atoms with van der Waals surface area (Å²) in [5, 5.41) is 0.344. The van der Waals surface area contributed by atoms with Crippen LogP contribution in [-0.2, 0) is 7.05 Å². The van der Waals surface area contributed by atoms with Crippen LogP contribution in [-0.4, -0.2) is 14.5 Å². The molecule has 0 unspecified atom stereocenters. The number of rotatable bonds is 1. The fourth-order valence-electron chi connectivity index (χ4n) is 1.99. The molecule has 0 N–H and O–H groups in total. The van der Waals surface area contributed by atoms with Gasteiger partial charge in [0.25, 0.3) is 5.56 Å². The molecule has 0 fully saturated rings. The van der Waals surface area contributed by atoms with Gasteiger partial charge in [-0.2, -0.15) is 0 Å². The predicted octanol–water partition coefficient (Wildman–Crippen LogP) is 2.65. The van der Waals surface area contributed by atoms with Gasteiger partial charge in [-0.25, -0.2) is 9.97 Å². The lowest BCUT2D eigenvalue weighted by Crippen LogP contribution is -2.20. The molecule has 0 aliphatic rings. The van der Waals surface area contributed by atoms with E-state index in [0.717, 1.165) is 5.56 Å². The molecule has 0 spiro atoms. The Morgan fingerprint density at radius 1 is 1.21 bits per heavy atom. The Morgan fingerprint density at radius 3 is 2.68 bits per heavy atom. The molecule has 3 aromatic rings. The second-order valence-corrected chi connectivity index (χ2v) is 4.57. The molecule has 0 saturated heterocycles. The number of benzene rings is 1. The van der Waals surface area contributed by atoms with E-state index < -0.39 is 0 Å². The van der Waals surface area contributed by atoms with E-state index >= 15 is 0 Å². The summed E-state index contributed by atoms with van der Waals surface area (Å²) in [6.07, 6.45) is 1.57. The number of hydrogen-bond acceptors (Lipinski definition) is 3. The van der Waals surface area contributed by atoms with Crippen molar-refractivity contribution in [3.05, 3.63) is 58.1 Å². The van der Waals surface area contributed by atoms with Crippen LogP contribution in [0.25, 0.3) is 22.3 Å². The zero-order valence-corrected chi connectivity index (χ0v) is 10.9. The number of fused-ring (bicyclic) bond motifs is 1. The standard InChI is InChI=1S/C14H10ClN3O/c1-18-11-7-12(15)16-8-10(11)17-13(14(18)19)9-5-3-2-4-6-9/h2-8H,1H3. The minimum atomic E-state index is -0.152. The van der Waals surface area contributed by atoms with Crippen LogP contribution < -0.4 is 5.56 Å². The van der Waals surface area contributed by atoms with Crippen LogP contribution in [0.3, 0.4) is 0 Å². The Labute approximate surface area is 114 Å². The summed E-state index contributed by atoms with van der Waals surface area (Å²) < 4.78 is 1.54. The average molecular weight is 272 g/mol. The maximum atomic E-state index is 12.3. The van der Waals surface area contributed by atoms with E-state index in [2.05, 4.69) is 9.97 Å². The minimum absolute atomic E-state index is 0.152. The third-order valence-corrected chi connectivity index (χ3v) is 3.18. The molecule has 2 heterocycles. The molecule has 4 nitrogen and oxygen atoms in total. The minimum Gasteiger partial charge on any atom is -0.308 e. The largest absolute Gasteiger partial charge is 0.308 e. The van der Waals surface area contributed by atoms with E-state index in [4.69, 9.17) is 11.6 Å². The first-order chi connectivity index (χ1) is 9.16. The van der Waals surface area contributed by atoms with Gasteiger partial charge >= 0.3 is 0 Å². The van der Waals surface area contributed by atoms with Crippen LogP contribution in [0.15, 0.2) is 47.4 Å². The summed E-state index contributed by atoms with van der Waals surface area (Å²) in [6, 6.07) is 11.0. The highest BCUT2D eigenvalue weighted by Crippen LogP contribution is 2.18. The number of aromatic nitrogens is 3. The Kier molecular flexibility index (Phi) is 2.80. The molecule has 0 radical (unpaired) electrons. The summed E-state index contributed by atoms with van der Waals surface area (Å²) in [6.45, 7) is 0. The first-order valence-corrected chi connectivity index (χ1v) is 6.12. The summed E-state index contributed by atoms with van der Waals surface area (Å²) in [5.74, 6) is 0. The number of pyridine rings is 1. The molecule has 0 saturated carbocycles. The molecular weight excluding hydrogens is 262 g/mol. The summed E-state index contributed by atoms with van der Waals surface area (Å²) >= 11 is 5.85. The van der Waals surface area contributed by atoms with Crippen molar-refractivity contribution in [3.8, 4) is 11.3 Å². The first kappa shape index (κ1) is 11.9. The van der Waals surface area contributed by atoms with Gasteiger partial charge in [0.1, 0.15) is 16.4 Å². The highest BCUT2D eigenvalue weighted by atomic mass is 35.5. The van der Waals surface area contributed by atoms with Gasteiger partial charge in [-0.05, 0) is 0 Å². The van der Waals surface area contributed by atoms with Crippen LogP contribution in [0.4, 0.5) is 0 Å². The van der Waals surface area contributed by atoms with Gasteiger partial charge < -0.3 is 4.57 Å². The Bertz CT molecular complexity index is 812. The quantitative estimate of drug-likeness (QED) is 0.639. The molecule has 5 heteroatoms. The van der Waals surface area contributed by atoms with Crippen LogP contribution in [0.1, 0.15) is 0 Å². The number of halogens is 1. The first-order valence-electron chi connectivity index (χ1n) is 5.74. The lowest BCUT2D eigenvalue weighted by molar-refractivity contribution is 0.894. The van der Waals surface area contributed by atoms with E-state index in [1.165, 1.54) is 4.57 Å². The van der Waals surface area contributed by atoms with E-state index in [9.17, 15) is 4.79 Å². The van der Waals surface area contributed by atoms with Crippen molar-refractivity contribution in [2.45, 2.75) is 0 Å². The third-order valence-electron chi connectivity index (χ3n) is 2.98. The van der Waals surface area contributed by atoms with E-state index in [1.807, 2.05) is 30.3 Å². The predicted molar refractivity (Wildman–Crippen MR) is 75.2 cm³/mol. The number of aryl methyl sites for hydroxylation is 1. The van der Waals surface area contributed by atoms with E-state index in [-0.39, 0.29) is 5.56 Å².